The van der Waals surface area contributed by atoms with Crippen molar-refractivity contribution in [2.45, 2.75) is 24.5 Å². The number of fused-ring (bicyclic) bond motifs is 3. The second-order valence-corrected chi connectivity index (χ2v) is 5.72. The molecule has 1 aliphatic heterocycles. The molecular weight excluding hydrogens is 302 g/mol. The molecule has 0 spiro atoms. The quantitative estimate of drug-likeness (QED) is 0.482. The van der Waals surface area contributed by atoms with Gasteiger partial charge in [0.15, 0.2) is 6.23 Å². The summed E-state index contributed by atoms with van der Waals surface area (Å²) in [6.07, 6.45) is -0.908. The zero-order valence-corrected chi connectivity index (χ0v) is 12.4. The number of aromatic nitrogens is 4. The van der Waals surface area contributed by atoms with Gasteiger partial charge in [-0.25, -0.2) is 9.97 Å². The van der Waals surface area contributed by atoms with Crippen molar-refractivity contribution in [3.05, 3.63) is 18.6 Å². The molecule has 0 saturated carbocycles. The van der Waals surface area contributed by atoms with Gasteiger partial charge in [-0.2, -0.15) is 0 Å². The summed E-state index contributed by atoms with van der Waals surface area (Å²) in [5, 5.41) is 30.3. The van der Waals surface area contributed by atoms with E-state index in [1.807, 2.05) is 23.9 Å². The van der Waals surface area contributed by atoms with Crippen LogP contribution in [0.3, 0.4) is 0 Å². The van der Waals surface area contributed by atoms with Gasteiger partial charge in [0.2, 0.25) is 0 Å². The third-order valence-corrected chi connectivity index (χ3v) is 4.40. The highest BCUT2D eigenvalue weighted by Crippen LogP contribution is 2.38. The maximum absolute atomic E-state index is 10.3. The zero-order valence-electron chi connectivity index (χ0n) is 12.4. The van der Waals surface area contributed by atoms with Crippen LogP contribution in [0, 0.1) is 0 Å². The minimum atomic E-state index is -1.19. The predicted octanol–water partition coefficient (Wildman–Crippen LogP) is -0.883. The van der Waals surface area contributed by atoms with Gasteiger partial charge in [-0.3, -0.25) is 4.57 Å². The van der Waals surface area contributed by atoms with Crippen molar-refractivity contribution in [1.29, 1.82) is 0 Å². The van der Waals surface area contributed by atoms with Crippen LogP contribution in [0.1, 0.15) is 6.23 Å². The van der Waals surface area contributed by atoms with E-state index in [2.05, 4.69) is 9.97 Å². The van der Waals surface area contributed by atoms with E-state index in [1.54, 1.807) is 4.57 Å². The van der Waals surface area contributed by atoms with E-state index < -0.39 is 24.5 Å². The second kappa shape index (κ2) is 4.90. The molecule has 4 atom stereocenters. The summed E-state index contributed by atoms with van der Waals surface area (Å²) >= 11 is 0. The SMILES string of the molecule is Cn1ccc2c1c1c(N)ncnc1n2[C@@H]1O[C@H](CO)[C@@H](O)[C@H]1O. The van der Waals surface area contributed by atoms with E-state index in [4.69, 9.17) is 10.5 Å². The molecular formula is C14H17N5O4. The third-order valence-electron chi connectivity index (χ3n) is 4.40. The molecule has 0 aliphatic carbocycles. The summed E-state index contributed by atoms with van der Waals surface area (Å²) in [5.41, 5.74) is 8.09. The number of ether oxygens (including phenoxy) is 1. The molecule has 1 fully saturated rings. The highest BCUT2D eigenvalue weighted by atomic mass is 16.6. The number of anilines is 1. The van der Waals surface area contributed by atoms with Gasteiger partial charge >= 0.3 is 0 Å². The fourth-order valence-electron chi connectivity index (χ4n) is 3.28. The number of nitrogens with two attached hydrogens (primary N) is 1. The summed E-state index contributed by atoms with van der Waals surface area (Å²) in [5.74, 6) is 0.326. The molecule has 9 heteroatoms. The first-order valence-electron chi connectivity index (χ1n) is 7.22. The average Bonchev–Trinajstić information content (AvgIpc) is 3.15. The van der Waals surface area contributed by atoms with E-state index in [-0.39, 0.29) is 6.61 Å². The number of hydrogen-bond acceptors (Lipinski definition) is 7. The van der Waals surface area contributed by atoms with Crippen molar-refractivity contribution < 1.29 is 20.1 Å². The Bertz CT molecular complexity index is 888. The van der Waals surface area contributed by atoms with Crippen molar-refractivity contribution in [2.75, 3.05) is 12.3 Å². The second-order valence-electron chi connectivity index (χ2n) is 5.72. The lowest BCUT2D eigenvalue weighted by Gasteiger charge is -2.18. The lowest BCUT2D eigenvalue weighted by atomic mass is 10.1. The van der Waals surface area contributed by atoms with Crippen LogP contribution in [0.2, 0.25) is 0 Å². The highest BCUT2D eigenvalue weighted by molar-refractivity contribution is 6.09. The Hall–Kier alpha value is -2.20. The van der Waals surface area contributed by atoms with Crippen molar-refractivity contribution in [1.82, 2.24) is 19.1 Å². The van der Waals surface area contributed by atoms with Gasteiger partial charge in [-0.15, -0.1) is 0 Å². The smallest absolute Gasteiger partial charge is 0.165 e. The lowest BCUT2D eigenvalue weighted by molar-refractivity contribution is -0.0489. The first-order valence-corrected chi connectivity index (χ1v) is 7.22. The van der Waals surface area contributed by atoms with E-state index in [1.165, 1.54) is 6.33 Å². The molecule has 9 nitrogen and oxygen atoms in total. The molecule has 1 saturated heterocycles. The standard InChI is InChI=1S/C14H17N5O4/c1-18-3-2-6-9(18)8-12(15)16-5-17-13(8)19(6)14-11(22)10(21)7(4-20)23-14/h2-3,5,7,10-11,14,20-22H,4H2,1H3,(H2,15,16,17)/t7-,10-,11-,14-/m1/s1. The van der Waals surface area contributed by atoms with Gasteiger partial charge in [-0.05, 0) is 6.07 Å². The van der Waals surface area contributed by atoms with Gasteiger partial charge in [0, 0.05) is 13.2 Å². The van der Waals surface area contributed by atoms with E-state index in [9.17, 15) is 15.3 Å². The van der Waals surface area contributed by atoms with Crippen LogP contribution in [-0.4, -0.2) is 59.3 Å². The van der Waals surface area contributed by atoms with Gasteiger partial charge in [0.05, 0.1) is 23.0 Å². The molecule has 0 amide bonds. The summed E-state index contributed by atoms with van der Waals surface area (Å²) in [6, 6.07) is 1.85. The van der Waals surface area contributed by atoms with Gasteiger partial charge < -0.3 is 30.4 Å². The van der Waals surface area contributed by atoms with Crippen molar-refractivity contribution in [3.63, 3.8) is 0 Å². The Balaban J connectivity index is 2.01. The Labute approximate surface area is 130 Å². The zero-order chi connectivity index (χ0) is 16.3. The minimum Gasteiger partial charge on any atom is -0.394 e. The van der Waals surface area contributed by atoms with E-state index >= 15 is 0 Å². The first kappa shape index (κ1) is 14.4. The fraction of sp³-hybridized carbons (Fsp3) is 0.429. The van der Waals surface area contributed by atoms with E-state index in [0.29, 0.717) is 16.9 Å². The predicted molar refractivity (Wildman–Crippen MR) is 81.4 cm³/mol. The van der Waals surface area contributed by atoms with Gasteiger partial charge in [-0.1, -0.05) is 0 Å². The molecule has 3 aromatic rings. The fourth-order valence-corrected chi connectivity index (χ4v) is 3.28. The molecule has 23 heavy (non-hydrogen) atoms. The number of nitrogens with zero attached hydrogens (tertiary/aromatic N) is 4. The normalized spacial score (nSPS) is 28.2. The third kappa shape index (κ3) is 1.81. The Morgan fingerprint density at radius 3 is 2.78 bits per heavy atom. The molecule has 0 aromatic carbocycles. The highest BCUT2D eigenvalue weighted by Gasteiger charge is 2.44. The summed E-state index contributed by atoms with van der Waals surface area (Å²) in [6.45, 7) is -0.386. The average molecular weight is 319 g/mol. The topological polar surface area (TPSA) is 132 Å². The number of aliphatic hydroxyl groups is 3. The molecule has 122 valence electrons. The molecule has 0 unspecified atom stereocenters. The maximum Gasteiger partial charge on any atom is 0.165 e. The van der Waals surface area contributed by atoms with E-state index in [0.717, 1.165) is 11.0 Å². The van der Waals surface area contributed by atoms with Gasteiger partial charge in [0.1, 0.15) is 36.1 Å². The van der Waals surface area contributed by atoms with Crippen LogP contribution in [0.5, 0.6) is 0 Å². The van der Waals surface area contributed by atoms with Gasteiger partial charge in [0.25, 0.3) is 0 Å². The Morgan fingerprint density at radius 1 is 1.30 bits per heavy atom. The molecule has 3 aromatic heterocycles. The Kier molecular flexibility index (Phi) is 3.07. The molecule has 5 N–H and O–H groups in total. The maximum atomic E-state index is 10.3. The number of rotatable bonds is 2. The summed E-state index contributed by atoms with van der Waals surface area (Å²) in [4.78, 5) is 8.30. The van der Waals surface area contributed by atoms with Crippen LogP contribution < -0.4 is 5.73 Å². The number of nitrogen functional groups attached to an aromatic ring is 1. The molecule has 0 bridgehead atoms. The van der Waals surface area contributed by atoms with Crippen LogP contribution in [0.15, 0.2) is 18.6 Å². The lowest BCUT2D eigenvalue weighted by Crippen LogP contribution is -2.33. The van der Waals surface area contributed by atoms with Crippen LogP contribution in [0.25, 0.3) is 22.1 Å². The Morgan fingerprint density at radius 2 is 2.09 bits per heavy atom. The number of aryl methyl sites for hydroxylation is 1. The summed E-state index contributed by atoms with van der Waals surface area (Å²) < 4.78 is 9.22. The van der Waals surface area contributed by atoms with Crippen molar-refractivity contribution in [3.8, 4) is 0 Å². The van der Waals surface area contributed by atoms with Crippen LogP contribution in [0.4, 0.5) is 5.82 Å². The largest absolute Gasteiger partial charge is 0.394 e. The number of aliphatic hydroxyl groups excluding tert-OH is 3. The van der Waals surface area contributed by atoms with Crippen LogP contribution >= 0.6 is 0 Å². The van der Waals surface area contributed by atoms with Crippen LogP contribution in [-0.2, 0) is 11.8 Å². The molecule has 0 radical (unpaired) electrons. The monoisotopic (exact) mass is 319 g/mol. The first-order chi connectivity index (χ1) is 11.0. The van der Waals surface area contributed by atoms with Crippen molar-refractivity contribution in [2.24, 2.45) is 7.05 Å². The molecule has 4 rings (SSSR count). The molecule has 4 heterocycles. The van der Waals surface area contributed by atoms with Crippen molar-refractivity contribution >= 4 is 27.9 Å². The summed E-state index contributed by atoms with van der Waals surface area (Å²) in [7, 11) is 1.87. The minimum absolute atomic E-state index is 0.326. The number of hydrogen-bond donors (Lipinski definition) is 4. The molecule has 1 aliphatic rings.